The number of ether oxygens (including phenoxy) is 1. The molecule has 11 heteroatoms. The van der Waals surface area contributed by atoms with Gasteiger partial charge in [0.15, 0.2) is 11.2 Å². The molecule has 3 aromatic rings. The van der Waals surface area contributed by atoms with Crippen molar-refractivity contribution >= 4 is 34.5 Å². The van der Waals surface area contributed by atoms with Gasteiger partial charge in [-0.1, -0.05) is 12.1 Å². The molecule has 1 saturated heterocycles. The summed E-state index contributed by atoms with van der Waals surface area (Å²) in [6.45, 7) is 1.12. The maximum atomic E-state index is 12.5. The van der Waals surface area contributed by atoms with Gasteiger partial charge >= 0.3 is 11.8 Å². The number of aryl methyl sites for hydroxylation is 2. The molecule has 11 nitrogen and oxygen atoms in total. The number of aromatic nitrogens is 4. The molecular formula is C20H22N6O5. The van der Waals surface area contributed by atoms with Crippen molar-refractivity contribution in [3.8, 4) is 0 Å². The summed E-state index contributed by atoms with van der Waals surface area (Å²) in [4.78, 5) is 54.5. The molecule has 1 aromatic carbocycles. The third-order valence-corrected chi connectivity index (χ3v) is 5.25. The van der Waals surface area contributed by atoms with Crippen LogP contribution in [0.2, 0.25) is 0 Å². The molecule has 0 atom stereocenters. The summed E-state index contributed by atoms with van der Waals surface area (Å²) in [6, 6.07) is 7.04. The van der Waals surface area contributed by atoms with Crippen LogP contribution in [0.3, 0.4) is 0 Å². The Morgan fingerprint density at radius 2 is 1.94 bits per heavy atom. The number of fused-ring (bicyclic) bond motifs is 1. The lowest BCUT2D eigenvalue weighted by atomic mass is 10.2. The van der Waals surface area contributed by atoms with Crippen LogP contribution in [0.25, 0.3) is 11.2 Å². The van der Waals surface area contributed by atoms with Crippen molar-refractivity contribution < 1.29 is 14.3 Å². The average Bonchev–Trinajstić information content (AvgIpc) is 3.37. The first-order valence-corrected chi connectivity index (χ1v) is 9.82. The number of nitrogens with one attached hydrogen (secondary N) is 1. The molecule has 0 saturated carbocycles. The topological polar surface area (TPSA) is 120 Å². The Kier molecular flexibility index (Phi) is 5.32. The van der Waals surface area contributed by atoms with Crippen molar-refractivity contribution in [2.24, 2.45) is 14.1 Å². The molecule has 1 aliphatic heterocycles. The van der Waals surface area contributed by atoms with Crippen LogP contribution in [0, 0.1) is 0 Å². The highest BCUT2D eigenvalue weighted by atomic mass is 16.6. The fraction of sp³-hybridized carbons (Fsp3) is 0.350. The number of nitrogens with zero attached hydrogens (tertiary/aromatic N) is 5. The van der Waals surface area contributed by atoms with Gasteiger partial charge < -0.3 is 14.6 Å². The number of para-hydroxylation sites is 2. The van der Waals surface area contributed by atoms with Gasteiger partial charge in [-0.05, 0) is 18.6 Å². The van der Waals surface area contributed by atoms with Gasteiger partial charge in [0.1, 0.15) is 6.61 Å². The second-order valence-corrected chi connectivity index (χ2v) is 7.25. The van der Waals surface area contributed by atoms with Crippen molar-refractivity contribution in [1.82, 2.24) is 18.7 Å². The number of cyclic esters (lactones) is 1. The Morgan fingerprint density at radius 1 is 1.16 bits per heavy atom. The SMILES string of the molecule is Cn1c(=O)c2c(ncn2CCCC(=O)Nc2ccccc2N2CCOC2=O)n(C)c1=O. The predicted molar refractivity (Wildman–Crippen MR) is 113 cm³/mol. The summed E-state index contributed by atoms with van der Waals surface area (Å²) in [7, 11) is 2.98. The molecule has 1 aliphatic rings. The molecule has 2 amide bonds. The fourth-order valence-corrected chi connectivity index (χ4v) is 3.62. The molecule has 0 radical (unpaired) electrons. The van der Waals surface area contributed by atoms with Crippen LogP contribution in [0.4, 0.5) is 16.2 Å². The minimum atomic E-state index is -0.442. The maximum absolute atomic E-state index is 12.5. The van der Waals surface area contributed by atoms with E-state index < -0.39 is 17.3 Å². The van der Waals surface area contributed by atoms with Gasteiger partial charge in [0.2, 0.25) is 5.91 Å². The predicted octanol–water partition coefficient (Wildman–Crippen LogP) is 0.809. The number of benzene rings is 1. The zero-order chi connectivity index (χ0) is 22.1. The minimum Gasteiger partial charge on any atom is -0.447 e. The molecule has 0 aliphatic carbocycles. The first kappa shape index (κ1) is 20.4. The van der Waals surface area contributed by atoms with Gasteiger partial charge in [-0.15, -0.1) is 0 Å². The number of anilines is 2. The van der Waals surface area contributed by atoms with Crippen LogP contribution >= 0.6 is 0 Å². The number of hydrogen-bond donors (Lipinski definition) is 1. The lowest BCUT2D eigenvalue weighted by molar-refractivity contribution is -0.116. The molecule has 0 unspecified atom stereocenters. The smallest absolute Gasteiger partial charge is 0.414 e. The van der Waals surface area contributed by atoms with Gasteiger partial charge in [-0.3, -0.25) is 23.6 Å². The van der Waals surface area contributed by atoms with E-state index in [4.69, 9.17) is 4.74 Å². The highest BCUT2D eigenvalue weighted by Crippen LogP contribution is 2.28. The molecule has 0 bridgehead atoms. The van der Waals surface area contributed by atoms with E-state index in [-0.39, 0.29) is 12.3 Å². The number of hydrogen-bond acceptors (Lipinski definition) is 6. The van der Waals surface area contributed by atoms with E-state index in [0.29, 0.717) is 48.7 Å². The number of imidazole rings is 1. The second-order valence-electron chi connectivity index (χ2n) is 7.25. The molecule has 4 rings (SSSR count). The lowest BCUT2D eigenvalue weighted by Crippen LogP contribution is -2.37. The van der Waals surface area contributed by atoms with E-state index >= 15 is 0 Å². The number of amides is 2. The van der Waals surface area contributed by atoms with Crippen LogP contribution < -0.4 is 21.5 Å². The zero-order valence-electron chi connectivity index (χ0n) is 17.2. The van der Waals surface area contributed by atoms with Crippen molar-refractivity contribution in [1.29, 1.82) is 0 Å². The first-order valence-electron chi connectivity index (χ1n) is 9.82. The van der Waals surface area contributed by atoms with E-state index in [1.165, 1.54) is 22.8 Å². The standard InChI is InChI=1S/C20H22N6O5/c1-23-17-16(18(28)24(2)19(23)29)25(12-21-17)9-5-8-15(27)22-13-6-3-4-7-14(13)26-10-11-31-20(26)30/h3-4,6-7,12H,5,8-11H2,1-2H3,(H,22,27). The van der Waals surface area contributed by atoms with E-state index in [1.807, 2.05) is 0 Å². The van der Waals surface area contributed by atoms with Crippen molar-refractivity contribution in [3.05, 3.63) is 51.4 Å². The monoisotopic (exact) mass is 426 g/mol. The molecule has 162 valence electrons. The summed E-state index contributed by atoms with van der Waals surface area (Å²) >= 11 is 0. The second kappa shape index (κ2) is 8.09. The Morgan fingerprint density at radius 3 is 2.68 bits per heavy atom. The van der Waals surface area contributed by atoms with Gasteiger partial charge in [0.25, 0.3) is 5.56 Å². The molecule has 1 fully saturated rings. The normalized spacial score (nSPS) is 13.6. The van der Waals surface area contributed by atoms with Crippen molar-refractivity contribution in [2.75, 3.05) is 23.4 Å². The summed E-state index contributed by atoms with van der Waals surface area (Å²) in [6.07, 6.45) is 1.71. The largest absolute Gasteiger partial charge is 0.447 e. The van der Waals surface area contributed by atoms with E-state index in [9.17, 15) is 19.2 Å². The molecule has 2 aromatic heterocycles. The summed E-state index contributed by atoms with van der Waals surface area (Å²) < 4.78 is 8.98. The minimum absolute atomic E-state index is 0.199. The molecule has 1 N–H and O–H groups in total. The highest BCUT2D eigenvalue weighted by molar-refractivity contribution is 5.99. The quantitative estimate of drug-likeness (QED) is 0.623. The number of carbonyl (C=O) groups is 2. The van der Waals surface area contributed by atoms with Crippen LogP contribution in [0.15, 0.2) is 40.2 Å². The van der Waals surface area contributed by atoms with Gasteiger partial charge in [-0.2, -0.15) is 0 Å². The summed E-state index contributed by atoms with van der Waals surface area (Å²) in [5.41, 5.74) is 0.882. The Bertz CT molecular complexity index is 1290. The van der Waals surface area contributed by atoms with Gasteiger partial charge in [0.05, 0.1) is 24.2 Å². The maximum Gasteiger partial charge on any atom is 0.414 e. The first-order chi connectivity index (χ1) is 14.9. The number of rotatable bonds is 6. The molecule has 0 spiro atoms. The lowest BCUT2D eigenvalue weighted by Gasteiger charge is -2.17. The van der Waals surface area contributed by atoms with Crippen LogP contribution in [-0.4, -0.2) is 43.8 Å². The Labute approximate surface area is 176 Å². The summed E-state index contributed by atoms with van der Waals surface area (Å²) in [5, 5.41) is 2.84. The van der Waals surface area contributed by atoms with Crippen molar-refractivity contribution in [3.63, 3.8) is 0 Å². The zero-order valence-corrected chi connectivity index (χ0v) is 17.2. The fourth-order valence-electron chi connectivity index (χ4n) is 3.62. The molecule has 3 heterocycles. The highest BCUT2D eigenvalue weighted by Gasteiger charge is 2.25. The van der Waals surface area contributed by atoms with E-state index in [2.05, 4.69) is 10.3 Å². The van der Waals surface area contributed by atoms with Gasteiger partial charge in [0, 0.05) is 27.1 Å². The third-order valence-electron chi connectivity index (χ3n) is 5.25. The number of carbonyl (C=O) groups excluding carboxylic acids is 2. The van der Waals surface area contributed by atoms with Crippen LogP contribution in [0.5, 0.6) is 0 Å². The third kappa shape index (κ3) is 3.69. The van der Waals surface area contributed by atoms with Crippen LogP contribution in [0.1, 0.15) is 12.8 Å². The summed E-state index contributed by atoms with van der Waals surface area (Å²) in [5.74, 6) is -0.218. The Balaban J connectivity index is 1.44. The van der Waals surface area contributed by atoms with Crippen molar-refractivity contribution in [2.45, 2.75) is 19.4 Å². The van der Waals surface area contributed by atoms with E-state index in [1.54, 1.807) is 35.9 Å². The van der Waals surface area contributed by atoms with E-state index in [0.717, 1.165) is 4.57 Å². The Hall–Kier alpha value is -3.89. The van der Waals surface area contributed by atoms with Gasteiger partial charge in [-0.25, -0.2) is 14.6 Å². The molecule has 31 heavy (non-hydrogen) atoms. The van der Waals surface area contributed by atoms with Crippen LogP contribution in [-0.2, 0) is 30.2 Å². The average molecular weight is 426 g/mol. The molecular weight excluding hydrogens is 404 g/mol.